The van der Waals surface area contributed by atoms with Crippen LogP contribution in [0.5, 0.6) is 0 Å². The summed E-state index contributed by atoms with van der Waals surface area (Å²) in [5, 5.41) is 3.54. The molecule has 1 aliphatic carbocycles. The Bertz CT molecular complexity index is 336. The normalized spacial score (nSPS) is 25.6. The molecule has 1 aliphatic rings. The molecule has 2 rings (SSSR count). The van der Waals surface area contributed by atoms with Crippen molar-refractivity contribution in [2.45, 2.75) is 44.6 Å². The van der Waals surface area contributed by atoms with E-state index in [0.29, 0.717) is 17.8 Å². The minimum atomic E-state index is 0.589. The van der Waals surface area contributed by atoms with E-state index in [1.807, 2.05) is 6.07 Å². The van der Waals surface area contributed by atoms with Gasteiger partial charge in [0.25, 0.3) is 0 Å². The number of rotatable bonds is 3. The Morgan fingerprint density at radius 2 is 2.38 bits per heavy atom. The maximum Gasteiger partial charge on any atom is 0.126 e. The zero-order valence-corrected chi connectivity index (χ0v) is 9.95. The second-order valence-corrected chi connectivity index (χ2v) is 4.60. The molecule has 3 heteroatoms. The molecule has 1 aromatic rings. The van der Waals surface area contributed by atoms with Crippen LogP contribution in [-0.4, -0.2) is 17.6 Å². The molecule has 88 valence electrons. The van der Waals surface area contributed by atoms with Crippen LogP contribution in [0.15, 0.2) is 18.3 Å². The molecule has 3 nitrogen and oxygen atoms in total. The summed E-state index contributed by atoms with van der Waals surface area (Å²) < 4.78 is 0. The number of hydrogen-bond acceptors (Lipinski definition) is 3. The van der Waals surface area contributed by atoms with E-state index in [0.717, 1.165) is 6.54 Å². The van der Waals surface area contributed by atoms with E-state index in [2.05, 4.69) is 23.3 Å². The van der Waals surface area contributed by atoms with E-state index in [1.54, 1.807) is 6.20 Å². The molecule has 1 saturated carbocycles. The van der Waals surface area contributed by atoms with Gasteiger partial charge in [0, 0.05) is 12.2 Å². The standard InChI is InChI=1S/C13H21N3/c1-2-15-11-6-3-5-10(9-11)12-7-4-8-16-13(12)14/h4,7-8,10-11,15H,2-3,5-6,9H2,1H3,(H2,14,16). The maximum absolute atomic E-state index is 5.94. The molecule has 0 spiro atoms. The molecule has 2 atom stereocenters. The van der Waals surface area contributed by atoms with Crippen molar-refractivity contribution in [1.29, 1.82) is 0 Å². The van der Waals surface area contributed by atoms with Crippen LogP contribution < -0.4 is 11.1 Å². The van der Waals surface area contributed by atoms with Gasteiger partial charge < -0.3 is 11.1 Å². The van der Waals surface area contributed by atoms with Crippen LogP contribution in [0, 0.1) is 0 Å². The summed E-state index contributed by atoms with van der Waals surface area (Å²) >= 11 is 0. The molecule has 3 N–H and O–H groups in total. The zero-order valence-electron chi connectivity index (χ0n) is 9.95. The fourth-order valence-electron chi connectivity index (χ4n) is 2.72. The molecular weight excluding hydrogens is 198 g/mol. The highest BCUT2D eigenvalue weighted by molar-refractivity contribution is 5.41. The van der Waals surface area contributed by atoms with Crippen molar-refractivity contribution >= 4 is 5.82 Å². The van der Waals surface area contributed by atoms with Crippen LogP contribution in [0.4, 0.5) is 5.82 Å². The van der Waals surface area contributed by atoms with Crippen LogP contribution in [0.1, 0.15) is 44.1 Å². The highest BCUT2D eigenvalue weighted by Gasteiger charge is 2.23. The third-order valence-corrected chi connectivity index (χ3v) is 3.48. The first-order valence-corrected chi connectivity index (χ1v) is 6.25. The lowest BCUT2D eigenvalue weighted by Crippen LogP contribution is -2.33. The lowest BCUT2D eigenvalue weighted by Gasteiger charge is -2.30. The van der Waals surface area contributed by atoms with Gasteiger partial charge in [-0.2, -0.15) is 0 Å². The average molecular weight is 219 g/mol. The number of pyridine rings is 1. The van der Waals surface area contributed by atoms with Crippen molar-refractivity contribution in [3.05, 3.63) is 23.9 Å². The van der Waals surface area contributed by atoms with Gasteiger partial charge >= 0.3 is 0 Å². The van der Waals surface area contributed by atoms with E-state index in [9.17, 15) is 0 Å². The second-order valence-electron chi connectivity index (χ2n) is 4.60. The van der Waals surface area contributed by atoms with Gasteiger partial charge in [-0.25, -0.2) is 4.98 Å². The Morgan fingerprint density at radius 3 is 3.12 bits per heavy atom. The Morgan fingerprint density at radius 1 is 1.50 bits per heavy atom. The molecule has 0 radical (unpaired) electrons. The van der Waals surface area contributed by atoms with Gasteiger partial charge in [-0.3, -0.25) is 0 Å². The molecule has 1 aromatic heterocycles. The highest BCUT2D eigenvalue weighted by atomic mass is 14.9. The van der Waals surface area contributed by atoms with E-state index in [-0.39, 0.29) is 0 Å². The number of nitrogen functional groups attached to an aromatic ring is 1. The number of nitrogens with zero attached hydrogens (tertiary/aromatic N) is 1. The molecule has 1 heterocycles. The van der Waals surface area contributed by atoms with Crippen LogP contribution in [0.2, 0.25) is 0 Å². The Kier molecular flexibility index (Phi) is 3.78. The maximum atomic E-state index is 5.94. The topological polar surface area (TPSA) is 50.9 Å². The molecule has 0 aromatic carbocycles. The summed E-state index contributed by atoms with van der Waals surface area (Å²) in [4.78, 5) is 4.18. The van der Waals surface area contributed by atoms with Crippen molar-refractivity contribution in [2.75, 3.05) is 12.3 Å². The summed E-state index contributed by atoms with van der Waals surface area (Å²) in [6.45, 7) is 3.22. The van der Waals surface area contributed by atoms with Gasteiger partial charge in [0.2, 0.25) is 0 Å². The summed E-state index contributed by atoms with van der Waals surface area (Å²) in [5.74, 6) is 1.30. The first-order chi connectivity index (χ1) is 7.81. The van der Waals surface area contributed by atoms with Crippen molar-refractivity contribution < 1.29 is 0 Å². The molecule has 16 heavy (non-hydrogen) atoms. The molecular formula is C13H21N3. The SMILES string of the molecule is CCNC1CCCC(c2cccnc2N)C1. The fourth-order valence-corrected chi connectivity index (χ4v) is 2.72. The third-order valence-electron chi connectivity index (χ3n) is 3.48. The third kappa shape index (κ3) is 2.53. The average Bonchev–Trinajstić information content (AvgIpc) is 2.30. The lowest BCUT2D eigenvalue weighted by molar-refractivity contribution is 0.344. The summed E-state index contributed by atoms with van der Waals surface area (Å²) in [5.41, 5.74) is 7.18. The first-order valence-electron chi connectivity index (χ1n) is 6.25. The Balaban J connectivity index is 2.07. The predicted molar refractivity (Wildman–Crippen MR) is 67.3 cm³/mol. The minimum absolute atomic E-state index is 0.589. The van der Waals surface area contributed by atoms with Gasteiger partial charge in [0.05, 0.1) is 0 Å². The molecule has 2 unspecified atom stereocenters. The molecule has 0 saturated heterocycles. The number of anilines is 1. The van der Waals surface area contributed by atoms with Crippen LogP contribution in [-0.2, 0) is 0 Å². The number of hydrogen-bond donors (Lipinski definition) is 2. The smallest absolute Gasteiger partial charge is 0.126 e. The van der Waals surface area contributed by atoms with Crippen molar-refractivity contribution in [3.63, 3.8) is 0 Å². The monoisotopic (exact) mass is 219 g/mol. The van der Waals surface area contributed by atoms with Gasteiger partial charge in [0.1, 0.15) is 5.82 Å². The molecule has 0 amide bonds. The first kappa shape index (κ1) is 11.4. The van der Waals surface area contributed by atoms with E-state index in [1.165, 1.54) is 31.2 Å². The largest absolute Gasteiger partial charge is 0.383 e. The summed E-state index contributed by atoms with van der Waals surface area (Å²) in [6, 6.07) is 4.77. The second kappa shape index (κ2) is 5.30. The van der Waals surface area contributed by atoms with Gasteiger partial charge in [-0.15, -0.1) is 0 Å². The minimum Gasteiger partial charge on any atom is -0.383 e. The van der Waals surface area contributed by atoms with Gasteiger partial charge in [-0.05, 0) is 43.4 Å². The highest BCUT2D eigenvalue weighted by Crippen LogP contribution is 2.34. The number of aromatic nitrogens is 1. The summed E-state index contributed by atoms with van der Waals surface area (Å²) in [7, 11) is 0. The zero-order chi connectivity index (χ0) is 11.4. The predicted octanol–water partition coefficient (Wildman–Crippen LogP) is 2.30. The summed E-state index contributed by atoms with van der Waals surface area (Å²) in [6.07, 6.45) is 6.80. The van der Waals surface area contributed by atoms with Crippen LogP contribution in [0.3, 0.4) is 0 Å². The van der Waals surface area contributed by atoms with E-state index < -0.39 is 0 Å². The van der Waals surface area contributed by atoms with Crippen molar-refractivity contribution in [2.24, 2.45) is 0 Å². The van der Waals surface area contributed by atoms with Gasteiger partial charge in [0.15, 0.2) is 0 Å². The number of nitrogens with two attached hydrogens (primary N) is 1. The van der Waals surface area contributed by atoms with Gasteiger partial charge in [-0.1, -0.05) is 19.4 Å². The van der Waals surface area contributed by atoms with Crippen molar-refractivity contribution in [1.82, 2.24) is 10.3 Å². The molecule has 1 fully saturated rings. The lowest BCUT2D eigenvalue weighted by atomic mass is 9.81. The van der Waals surface area contributed by atoms with Crippen LogP contribution >= 0.6 is 0 Å². The van der Waals surface area contributed by atoms with Crippen LogP contribution in [0.25, 0.3) is 0 Å². The Labute approximate surface area is 97.5 Å². The molecule has 0 bridgehead atoms. The fraction of sp³-hybridized carbons (Fsp3) is 0.615. The Hall–Kier alpha value is -1.09. The quantitative estimate of drug-likeness (QED) is 0.820. The van der Waals surface area contributed by atoms with Crippen molar-refractivity contribution in [3.8, 4) is 0 Å². The van der Waals surface area contributed by atoms with E-state index in [4.69, 9.17) is 5.73 Å². The number of nitrogens with one attached hydrogen (secondary N) is 1. The van der Waals surface area contributed by atoms with E-state index >= 15 is 0 Å². The molecule has 0 aliphatic heterocycles.